The van der Waals surface area contributed by atoms with Crippen LogP contribution in [-0.2, 0) is 13.1 Å². The molecule has 1 saturated carbocycles. The zero-order valence-corrected chi connectivity index (χ0v) is 12.1. The lowest BCUT2D eigenvalue weighted by molar-refractivity contribution is 0.688. The average Bonchev–Trinajstić information content (AvgIpc) is 3.00. The molecule has 0 amide bonds. The molecule has 102 valence electrons. The molecule has 4 heteroatoms. The molecule has 3 nitrogen and oxygen atoms in total. The summed E-state index contributed by atoms with van der Waals surface area (Å²) in [5.41, 5.74) is 2.66. The van der Waals surface area contributed by atoms with Crippen LogP contribution in [0.4, 0.5) is 0 Å². The number of hydrogen-bond donors (Lipinski definition) is 1. The highest BCUT2D eigenvalue weighted by Gasteiger charge is 2.19. The number of hydrogen-bond acceptors (Lipinski definition) is 3. The molecular formula is C16H17N3S. The van der Waals surface area contributed by atoms with E-state index in [0.717, 1.165) is 24.1 Å². The second-order valence-electron chi connectivity index (χ2n) is 5.42. The zero-order chi connectivity index (χ0) is 13.4. The van der Waals surface area contributed by atoms with Gasteiger partial charge in [-0.2, -0.15) is 0 Å². The summed E-state index contributed by atoms with van der Waals surface area (Å²) in [6, 6.07) is 9.72. The zero-order valence-electron chi connectivity index (χ0n) is 11.2. The van der Waals surface area contributed by atoms with E-state index in [-0.39, 0.29) is 0 Å². The largest absolute Gasteiger partial charge is 0.341 e. The van der Waals surface area contributed by atoms with Gasteiger partial charge in [-0.1, -0.05) is 6.07 Å². The first kappa shape index (κ1) is 12.1. The molecule has 1 aromatic carbocycles. The van der Waals surface area contributed by atoms with Gasteiger partial charge in [-0.3, -0.25) is 0 Å². The molecule has 20 heavy (non-hydrogen) atoms. The first-order valence-electron chi connectivity index (χ1n) is 7.08. The van der Waals surface area contributed by atoms with Crippen LogP contribution in [0.15, 0.2) is 42.0 Å². The van der Waals surface area contributed by atoms with Crippen LogP contribution < -0.4 is 5.32 Å². The molecule has 3 aromatic rings. The number of rotatable bonds is 5. The number of fused-ring (bicyclic) bond motifs is 1. The summed E-state index contributed by atoms with van der Waals surface area (Å²) in [6.45, 7) is 1.85. The van der Waals surface area contributed by atoms with Crippen molar-refractivity contribution in [3.05, 3.63) is 52.6 Å². The van der Waals surface area contributed by atoms with E-state index >= 15 is 0 Å². The van der Waals surface area contributed by atoms with Crippen molar-refractivity contribution in [1.29, 1.82) is 0 Å². The minimum atomic E-state index is 0.764. The fourth-order valence-electron chi connectivity index (χ4n) is 2.52. The van der Waals surface area contributed by atoms with E-state index in [1.54, 1.807) is 11.3 Å². The van der Waals surface area contributed by atoms with Gasteiger partial charge in [0.15, 0.2) is 0 Å². The summed E-state index contributed by atoms with van der Waals surface area (Å²) < 4.78 is 2.27. The molecule has 4 rings (SSSR count). The van der Waals surface area contributed by atoms with Gasteiger partial charge in [-0.15, -0.1) is 11.3 Å². The number of aromatic nitrogens is 2. The van der Waals surface area contributed by atoms with Gasteiger partial charge < -0.3 is 9.88 Å². The number of thiazole rings is 1. The van der Waals surface area contributed by atoms with Crippen LogP contribution in [0, 0.1) is 0 Å². The van der Waals surface area contributed by atoms with Gasteiger partial charge in [0.25, 0.3) is 0 Å². The molecule has 0 unspecified atom stereocenters. The highest BCUT2D eigenvalue weighted by molar-refractivity contribution is 7.09. The van der Waals surface area contributed by atoms with E-state index in [9.17, 15) is 0 Å². The van der Waals surface area contributed by atoms with E-state index in [0.29, 0.717) is 0 Å². The maximum absolute atomic E-state index is 4.36. The van der Waals surface area contributed by atoms with E-state index < -0.39 is 0 Å². The van der Waals surface area contributed by atoms with E-state index in [1.807, 2.05) is 11.6 Å². The third kappa shape index (κ3) is 2.49. The van der Waals surface area contributed by atoms with Gasteiger partial charge in [0.05, 0.1) is 6.54 Å². The van der Waals surface area contributed by atoms with Gasteiger partial charge >= 0.3 is 0 Å². The second-order valence-corrected chi connectivity index (χ2v) is 6.40. The van der Waals surface area contributed by atoms with Gasteiger partial charge in [0, 0.05) is 35.9 Å². The maximum atomic E-state index is 4.36. The third-order valence-corrected chi connectivity index (χ3v) is 4.56. The van der Waals surface area contributed by atoms with Gasteiger partial charge in [-0.05, 0) is 42.0 Å². The van der Waals surface area contributed by atoms with E-state index in [1.165, 1.54) is 29.3 Å². The number of nitrogens with zero attached hydrogens (tertiary/aromatic N) is 2. The molecule has 1 N–H and O–H groups in total. The van der Waals surface area contributed by atoms with E-state index in [2.05, 4.69) is 45.3 Å². The van der Waals surface area contributed by atoms with Crippen LogP contribution in [0.1, 0.15) is 23.4 Å². The second kappa shape index (κ2) is 5.04. The molecule has 2 aromatic heterocycles. The maximum Gasteiger partial charge on any atom is 0.112 e. The Labute approximate surface area is 122 Å². The lowest BCUT2D eigenvalue weighted by Gasteiger charge is -2.05. The Morgan fingerprint density at radius 2 is 2.25 bits per heavy atom. The fraction of sp³-hybridized carbons (Fsp3) is 0.312. The van der Waals surface area contributed by atoms with Crippen molar-refractivity contribution in [3.8, 4) is 0 Å². The summed E-state index contributed by atoms with van der Waals surface area (Å²) in [6.07, 6.45) is 6.70. The molecule has 0 bridgehead atoms. The van der Waals surface area contributed by atoms with Crippen LogP contribution in [0.25, 0.3) is 10.9 Å². The van der Waals surface area contributed by atoms with Crippen LogP contribution in [0.3, 0.4) is 0 Å². The Balaban J connectivity index is 1.57. The third-order valence-electron chi connectivity index (χ3n) is 3.80. The normalized spacial score (nSPS) is 15.0. The van der Waals surface area contributed by atoms with Crippen molar-refractivity contribution in [1.82, 2.24) is 14.9 Å². The predicted molar refractivity (Wildman–Crippen MR) is 83.0 cm³/mol. The van der Waals surface area contributed by atoms with Crippen molar-refractivity contribution in [2.24, 2.45) is 0 Å². The molecule has 1 aliphatic carbocycles. The molecule has 0 saturated heterocycles. The van der Waals surface area contributed by atoms with E-state index in [4.69, 9.17) is 0 Å². The Kier molecular flexibility index (Phi) is 3.05. The van der Waals surface area contributed by atoms with Crippen LogP contribution in [0.2, 0.25) is 0 Å². The SMILES string of the molecule is c1csc(Cn2ccc3cc(CNC4CC4)ccc32)n1. The fourth-order valence-corrected chi connectivity index (χ4v) is 3.14. The summed E-state index contributed by atoms with van der Waals surface area (Å²) in [7, 11) is 0. The van der Waals surface area contributed by atoms with Crippen molar-refractivity contribution < 1.29 is 0 Å². The minimum absolute atomic E-state index is 0.764. The van der Waals surface area contributed by atoms with Crippen molar-refractivity contribution in [2.45, 2.75) is 32.0 Å². The van der Waals surface area contributed by atoms with Gasteiger partial charge in [0.2, 0.25) is 0 Å². The standard InChI is InChI=1S/C16H17N3S/c1-4-15-13(9-12(1)10-18-14-2-3-14)5-7-19(15)11-16-17-6-8-20-16/h1,4-9,14,18H,2-3,10-11H2. The monoisotopic (exact) mass is 283 g/mol. The molecule has 0 aliphatic heterocycles. The predicted octanol–water partition coefficient (Wildman–Crippen LogP) is 3.40. The lowest BCUT2D eigenvalue weighted by atomic mass is 10.1. The molecule has 0 radical (unpaired) electrons. The lowest BCUT2D eigenvalue weighted by Crippen LogP contribution is -2.15. The molecule has 0 atom stereocenters. The summed E-state index contributed by atoms with van der Waals surface area (Å²) >= 11 is 1.71. The minimum Gasteiger partial charge on any atom is -0.341 e. The first-order chi connectivity index (χ1) is 9.88. The topological polar surface area (TPSA) is 29.9 Å². The van der Waals surface area contributed by atoms with Gasteiger partial charge in [0.1, 0.15) is 5.01 Å². The Hall–Kier alpha value is -1.65. The molecular weight excluding hydrogens is 266 g/mol. The molecule has 1 fully saturated rings. The highest BCUT2D eigenvalue weighted by Crippen LogP contribution is 2.22. The number of benzene rings is 1. The van der Waals surface area contributed by atoms with Crippen molar-refractivity contribution in [2.75, 3.05) is 0 Å². The Morgan fingerprint density at radius 3 is 3.05 bits per heavy atom. The molecule has 1 aliphatic rings. The van der Waals surface area contributed by atoms with Crippen LogP contribution in [-0.4, -0.2) is 15.6 Å². The highest BCUT2D eigenvalue weighted by atomic mass is 32.1. The first-order valence-corrected chi connectivity index (χ1v) is 7.96. The van der Waals surface area contributed by atoms with Gasteiger partial charge in [-0.25, -0.2) is 4.98 Å². The smallest absolute Gasteiger partial charge is 0.112 e. The molecule has 0 spiro atoms. The summed E-state index contributed by atoms with van der Waals surface area (Å²) in [4.78, 5) is 4.36. The van der Waals surface area contributed by atoms with Crippen LogP contribution >= 0.6 is 11.3 Å². The van der Waals surface area contributed by atoms with Crippen molar-refractivity contribution >= 4 is 22.2 Å². The molecule has 2 heterocycles. The number of nitrogens with one attached hydrogen (secondary N) is 1. The van der Waals surface area contributed by atoms with Crippen molar-refractivity contribution in [3.63, 3.8) is 0 Å². The quantitative estimate of drug-likeness (QED) is 0.778. The average molecular weight is 283 g/mol. The Morgan fingerprint density at radius 1 is 1.30 bits per heavy atom. The Bertz CT molecular complexity index is 710. The van der Waals surface area contributed by atoms with Crippen LogP contribution in [0.5, 0.6) is 0 Å². The summed E-state index contributed by atoms with van der Waals surface area (Å²) in [5, 5.41) is 8.07. The summed E-state index contributed by atoms with van der Waals surface area (Å²) in [5.74, 6) is 0.